The highest BCUT2D eigenvalue weighted by atomic mass is 14.0. The van der Waals surface area contributed by atoms with Crippen LogP contribution in [0.3, 0.4) is 0 Å². The van der Waals surface area contributed by atoms with Crippen LogP contribution in [-0.2, 0) is 0 Å². The zero-order valence-corrected chi connectivity index (χ0v) is 12.6. The van der Waals surface area contributed by atoms with Crippen LogP contribution in [0.1, 0.15) is 76.2 Å². The minimum absolute atomic E-state index is 0.500. The van der Waals surface area contributed by atoms with Crippen molar-refractivity contribution in [3.63, 3.8) is 0 Å². The Labute approximate surface area is 93.5 Å². The second kappa shape index (κ2) is 8.32. The highest BCUT2D eigenvalue weighted by Gasteiger charge is 1.96. The first-order valence-corrected chi connectivity index (χ1v) is 5.73. The van der Waals surface area contributed by atoms with Crippen LogP contribution in [0.25, 0.3) is 0 Å². The molecule has 0 aromatic carbocycles. The molecule has 0 bridgehead atoms. The summed E-state index contributed by atoms with van der Waals surface area (Å²) in [7, 11) is 0. The van der Waals surface area contributed by atoms with Crippen LogP contribution in [0.2, 0.25) is 0 Å². The maximum absolute atomic E-state index is 2.19. The summed E-state index contributed by atoms with van der Waals surface area (Å²) < 4.78 is 0. The number of hydrogen-bond donors (Lipinski definition) is 0. The molecule has 0 spiro atoms. The lowest BCUT2D eigenvalue weighted by atomic mass is 10.0. The van der Waals surface area contributed by atoms with E-state index in [4.69, 9.17) is 0 Å². The average molecular weight is 202 g/mol. The fourth-order valence-corrected chi connectivity index (χ4v) is 0. The van der Waals surface area contributed by atoms with Crippen molar-refractivity contribution in [2.24, 2.45) is 16.7 Å². The Balaban J connectivity index is -0.000000131. The predicted octanol–water partition coefficient (Wildman–Crippen LogP) is 5.77. The van der Waals surface area contributed by atoms with Gasteiger partial charge in [-0.2, -0.15) is 0 Å². The molecule has 0 aliphatic rings. The van der Waals surface area contributed by atoms with Crippen molar-refractivity contribution in [2.45, 2.75) is 76.2 Å². The Morgan fingerprint density at radius 2 is 0.500 bits per heavy atom. The van der Waals surface area contributed by atoms with E-state index in [1.165, 1.54) is 0 Å². The quantitative estimate of drug-likeness (QED) is 0.468. The molecule has 0 nitrogen and oxygen atoms in total. The Morgan fingerprint density at radius 1 is 0.500 bits per heavy atom. The molecule has 0 fully saturated rings. The van der Waals surface area contributed by atoms with Crippen LogP contribution in [-0.4, -0.2) is 0 Å². The van der Waals surface area contributed by atoms with Gasteiger partial charge in [0.1, 0.15) is 0 Å². The first-order chi connectivity index (χ1) is 5.73. The summed E-state index contributed by atoms with van der Waals surface area (Å²) in [6, 6.07) is 0. The summed E-state index contributed by atoms with van der Waals surface area (Å²) in [6.45, 7) is 24.0. The molecule has 0 amide bonds. The summed E-state index contributed by atoms with van der Waals surface area (Å²) in [6.07, 6.45) is 0. The van der Waals surface area contributed by atoms with Crippen LogP contribution in [0.4, 0.5) is 0 Å². The fraction of sp³-hybridized carbons (Fsp3) is 1.00. The number of rotatable bonds is 0. The van der Waals surface area contributed by atoms with E-state index in [0.717, 1.165) is 5.92 Å². The second-order valence-electron chi connectivity index (χ2n) is 7.73. The molecule has 14 heavy (non-hydrogen) atoms. The van der Waals surface area contributed by atoms with Gasteiger partial charge in [0.15, 0.2) is 0 Å². The topological polar surface area (TPSA) is 0 Å². The third-order valence-electron chi connectivity index (χ3n) is 0. The Morgan fingerprint density at radius 3 is 0.500 bits per heavy atom. The van der Waals surface area contributed by atoms with Gasteiger partial charge in [-0.15, -0.1) is 0 Å². The largest absolute Gasteiger partial charge is 0.0630 e. The molecule has 0 heterocycles. The Hall–Kier alpha value is 0. The summed E-state index contributed by atoms with van der Waals surface area (Å²) >= 11 is 0. The third-order valence-corrected chi connectivity index (χ3v) is 0. The summed E-state index contributed by atoms with van der Waals surface area (Å²) in [4.78, 5) is 0. The van der Waals surface area contributed by atoms with Crippen molar-refractivity contribution in [3.8, 4) is 0 Å². The summed E-state index contributed by atoms with van der Waals surface area (Å²) in [5.74, 6) is 0.833. The van der Waals surface area contributed by atoms with Crippen LogP contribution in [0.5, 0.6) is 0 Å². The average Bonchev–Trinajstić information content (AvgIpc) is 1.45. The maximum Gasteiger partial charge on any atom is -0.0411 e. The minimum Gasteiger partial charge on any atom is -0.0630 e. The van der Waals surface area contributed by atoms with Crippen molar-refractivity contribution >= 4 is 0 Å². The van der Waals surface area contributed by atoms with Crippen molar-refractivity contribution < 1.29 is 0 Å². The van der Waals surface area contributed by atoms with Gasteiger partial charge in [-0.05, 0) is 16.7 Å². The van der Waals surface area contributed by atoms with E-state index in [-0.39, 0.29) is 0 Å². The van der Waals surface area contributed by atoms with Gasteiger partial charge in [-0.3, -0.25) is 0 Å². The zero-order chi connectivity index (χ0) is 12.6. The first kappa shape index (κ1) is 19.6. The van der Waals surface area contributed by atoms with Crippen molar-refractivity contribution in [1.82, 2.24) is 0 Å². The van der Waals surface area contributed by atoms with Gasteiger partial charge in [0, 0.05) is 0 Å². The molecule has 0 heteroatoms. The third kappa shape index (κ3) is 0. The highest BCUT2D eigenvalue weighted by Crippen LogP contribution is 2.08. The molecule has 0 N–H and O–H groups in total. The lowest BCUT2D eigenvalue weighted by Gasteiger charge is -2.05. The first-order valence-electron chi connectivity index (χ1n) is 5.73. The summed E-state index contributed by atoms with van der Waals surface area (Å²) in [5, 5.41) is 0. The standard InChI is InChI=1S/2C5H12.C4H10/c2*1-5(2,3)4;1-4(2)3/h2*1-4H3;4H,1-3H3. The van der Waals surface area contributed by atoms with Crippen LogP contribution in [0, 0.1) is 16.7 Å². The Bertz CT molecular complexity index is 69.4. The van der Waals surface area contributed by atoms with Crippen LogP contribution in [0.15, 0.2) is 0 Å². The molecule has 0 saturated carbocycles. The van der Waals surface area contributed by atoms with E-state index in [1.807, 2.05) is 0 Å². The van der Waals surface area contributed by atoms with E-state index < -0.39 is 0 Å². The van der Waals surface area contributed by atoms with Gasteiger partial charge < -0.3 is 0 Å². The van der Waals surface area contributed by atoms with Gasteiger partial charge in [0.05, 0.1) is 0 Å². The monoisotopic (exact) mass is 202 g/mol. The normalized spacial score (nSPS) is 11.1. The zero-order valence-electron chi connectivity index (χ0n) is 12.6. The smallest absolute Gasteiger partial charge is 0.0411 e. The van der Waals surface area contributed by atoms with E-state index in [9.17, 15) is 0 Å². The molecule has 0 aromatic rings. The lowest BCUT2D eigenvalue weighted by Crippen LogP contribution is -1.93. The van der Waals surface area contributed by atoms with Crippen molar-refractivity contribution in [1.29, 1.82) is 0 Å². The molecule has 0 aliphatic heterocycles. The van der Waals surface area contributed by atoms with Crippen LogP contribution >= 0.6 is 0 Å². The van der Waals surface area contributed by atoms with Crippen LogP contribution < -0.4 is 0 Å². The maximum atomic E-state index is 2.19. The Kier molecular flexibility index (Phi) is 11.6. The molecule has 0 aliphatic carbocycles. The highest BCUT2D eigenvalue weighted by molar-refractivity contribution is 4.47. The molecule has 0 saturated heterocycles. The predicted molar refractivity (Wildman–Crippen MR) is 70.8 cm³/mol. The molecular weight excluding hydrogens is 168 g/mol. The minimum atomic E-state index is 0.500. The molecule has 90 valence electrons. The number of hydrogen-bond acceptors (Lipinski definition) is 0. The lowest BCUT2D eigenvalue weighted by molar-refractivity contribution is 0.469. The van der Waals surface area contributed by atoms with E-state index in [2.05, 4.69) is 76.2 Å². The second-order valence-corrected chi connectivity index (χ2v) is 7.73. The fourth-order valence-electron chi connectivity index (χ4n) is 0. The van der Waals surface area contributed by atoms with Crippen molar-refractivity contribution in [3.05, 3.63) is 0 Å². The molecule has 0 aromatic heterocycles. The summed E-state index contributed by atoms with van der Waals surface area (Å²) in [5.41, 5.74) is 1.00. The van der Waals surface area contributed by atoms with Gasteiger partial charge in [-0.25, -0.2) is 0 Å². The van der Waals surface area contributed by atoms with Gasteiger partial charge in [-0.1, -0.05) is 76.2 Å². The van der Waals surface area contributed by atoms with Gasteiger partial charge in [0.25, 0.3) is 0 Å². The molecule has 0 radical (unpaired) electrons. The molecule has 0 rings (SSSR count). The van der Waals surface area contributed by atoms with E-state index in [0.29, 0.717) is 10.8 Å². The molecule has 0 unspecified atom stereocenters. The molecular formula is C14H34. The van der Waals surface area contributed by atoms with Gasteiger partial charge in [0.2, 0.25) is 0 Å². The van der Waals surface area contributed by atoms with E-state index >= 15 is 0 Å². The SMILES string of the molecule is CC(C)(C)C.CC(C)(C)C.CC(C)C. The van der Waals surface area contributed by atoms with Crippen molar-refractivity contribution in [2.75, 3.05) is 0 Å². The van der Waals surface area contributed by atoms with Gasteiger partial charge >= 0.3 is 0 Å². The van der Waals surface area contributed by atoms with E-state index in [1.54, 1.807) is 0 Å². The molecule has 0 atom stereocenters.